The topological polar surface area (TPSA) is 29.1 Å². The Morgan fingerprint density at radius 1 is 0.865 bits per heavy atom. The minimum absolute atomic E-state index is 0.0294. The second-order valence-electron chi connectivity index (χ2n) is 10.8. The van der Waals surface area contributed by atoms with E-state index in [1.807, 2.05) is 0 Å². The van der Waals surface area contributed by atoms with Crippen molar-refractivity contribution < 1.29 is 26.3 Å². The Bertz CT molecular complexity index is 747. The molecule has 0 aliphatic heterocycles. The van der Waals surface area contributed by atoms with Gasteiger partial charge in [-0.2, -0.15) is 13.2 Å². The molecule has 0 bridgehead atoms. The van der Waals surface area contributed by atoms with Crippen LogP contribution in [0.25, 0.3) is 0 Å². The maximum absolute atomic E-state index is 13.1. The number of hydrogen-bond acceptors (Lipinski definition) is 1. The van der Waals surface area contributed by atoms with Crippen LogP contribution in [-0.4, -0.2) is 45.8 Å². The van der Waals surface area contributed by atoms with Gasteiger partial charge in [-0.05, 0) is 64.2 Å². The molecule has 0 aliphatic rings. The summed E-state index contributed by atoms with van der Waals surface area (Å²) in [5.41, 5.74) is -0.212. The third-order valence-electron chi connectivity index (χ3n) is 6.33. The van der Waals surface area contributed by atoms with Crippen molar-refractivity contribution in [2.75, 3.05) is 26.2 Å². The molecule has 9 heteroatoms. The first-order chi connectivity index (χ1) is 17.2. The smallest absolute Gasteiger partial charge is 0.324 e. The molecule has 0 unspecified atom stereocenters. The summed E-state index contributed by atoms with van der Waals surface area (Å²) in [6.45, 7) is 19.7. The average molecular weight is 619 g/mol. The van der Waals surface area contributed by atoms with Crippen LogP contribution >= 0.6 is 15.9 Å². The number of hydrogen-bond donors (Lipinski definition) is 1. The fraction of sp³-hybridized carbons (Fsp3) is 0.786. The number of quaternary nitrogens is 1. The van der Waals surface area contributed by atoms with Crippen LogP contribution < -0.4 is 4.72 Å². The van der Waals surface area contributed by atoms with Gasteiger partial charge in [-0.1, -0.05) is 75.4 Å². The second kappa shape index (κ2) is 18.0. The van der Waals surface area contributed by atoms with Gasteiger partial charge in [-0.15, -0.1) is 0 Å². The van der Waals surface area contributed by atoms with E-state index in [4.69, 9.17) is 0 Å². The van der Waals surface area contributed by atoms with Crippen LogP contribution in [0.3, 0.4) is 0 Å². The number of halogens is 5. The second-order valence-corrected chi connectivity index (χ2v) is 13.6. The Morgan fingerprint density at radius 3 is 1.57 bits per heavy atom. The number of benzene rings is 1. The number of nitrogens with zero attached hydrogens (tertiary/aromatic N) is 1. The maximum atomic E-state index is 13.1. The van der Waals surface area contributed by atoms with E-state index in [1.54, 1.807) is 20.8 Å². The van der Waals surface area contributed by atoms with Gasteiger partial charge in [0, 0.05) is 4.47 Å². The van der Waals surface area contributed by atoms with E-state index < -0.39 is 33.8 Å². The summed E-state index contributed by atoms with van der Waals surface area (Å²) in [5, 5.41) is 0. The van der Waals surface area contributed by atoms with E-state index in [2.05, 4.69) is 48.3 Å². The molecule has 218 valence electrons. The SMILES string of the molecule is CC(C)(C)[S@](=O)N[C@H](c1ccc(F)cc1Br)C(F)(F)F.CCCC[N+](CCCC)(CCCC)CCCC. The van der Waals surface area contributed by atoms with Gasteiger partial charge in [0.2, 0.25) is 0 Å². The molecule has 1 aromatic rings. The van der Waals surface area contributed by atoms with E-state index in [9.17, 15) is 21.8 Å². The molecule has 0 aromatic heterocycles. The van der Waals surface area contributed by atoms with Crippen molar-refractivity contribution in [1.82, 2.24) is 4.72 Å². The van der Waals surface area contributed by atoms with Gasteiger partial charge < -0.3 is 4.48 Å². The summed E-state index contributed by atoms with van der Waals surface area (Å²) in [7, 11) is -1.91. The van der Waals surface area contributed by atoms with Gasteiger partial charge in [0.15, 0.2) is 0 Å². The highest BCUT2D eigenvalue weighted by atomic mass is 79.9. The first-order valence-corrected chi connectivity index (χ1v) is 15.7. The number of alkyl halides is 3. The van der Waals surface area contributed by atoms with E-state index in [-0.39, 0.29) is 10.0 Å². The van der Waals surface area contributed by atoms with Gasteiger partial charge >= 0.3 is 6.18 Å². The molecule has 0 radical (unpaired) electrons. The lowest BCUT2D eigenvalue weighted by Gasteiger charge is -2.39. The number of nitrogens with one attached hydrogen (secondary N) is 1. The average Bonchev–Trinajstić information content (AvgIpc) is 2.81. The standard InChI is InChI=1S/C16H36N.C12H14BrF4NOS/c1-5-9-13-17(14-10-6-2,15-11-7-3)16-12-8-4;1-11(2,3)20(19)18-10(12(15,16)17)8-5-4-7(14)6-9(8)13/h5-16H2,1-4H3;4-6,10,18H,1-3H3/q+1;/t;10-,20+/m.1/s1. The molecule has 0 heterocycles. The molecule has 3 nitrogen and oxygen atoms in total. The van der Waals surface area contributed by atoms with E-state index in [0.717, 1.165) is 18.2 Å². The molecule has 1 rings (SSSR count). The quantitative estimate of drug-likeness (QED) is 0.154. The summed E-state index contributed by atoms with van der Waals surface area (Å²) in [6, 6.07) is 0.748. The van der Waals surface area contributed by atoms with E-state index >= 15 is 0 Å². The van der Waals surface area contributed by atoms with Crippen LogP contribution in [0, 0.1) is 5.82 Å². The fourth-order valence-electron chi connectivity index (χ4n) is 3.97. The Kier molecular flexibility index (Phi) is 17.7. The molecule has 2 atom stereocenters. The predicted octanol–water partition coefficient (Wildman–Crippen LogP) is 9.25. The highest BCUT2D eigenvalue weighted by Gasteiger charge is 2.44. The first kappa shape index (κ1) is 36.5. The Balaban J connectivity index is 0.000000712. The van der Waals surface area contributed by atoms with Gasteiger partial charge in [0.1, 0.15) is 11.9 Å². The van der Waals surface area contributed by atoms with Crippen molar-refractivity contribution in [2.24, 2.45) is 0 Å². The number of rotatable bonds is 15. The largest absolute Gasteiger partial charge is 0.408 e. The summed E-state index contributed by atoms with van der Waals surface area (Å²) >= 11 is 2.90. The molecule has 1 aromatic carbocycles. The van der Waals surface area contributed by atoms with Gasteiger partial charge in [-0.3, -0.25) is 0 Å². The van der Waals surface area contributed by atoms with Crippen LogP contribution in [0.4, 0.5) is 17.6 Å². The molecule has 37 heavy (non-hydrogen) atoms. The lowest BCUT2D eigenvalue weighted by atomic mass is 10.1. The van der Waals surface area contributed by atoms with Crippen LogP contribution in [-0.2, 0) is 11.0 Å². The zero-order valence-corrected chi connectivity index (χ0v) is 26.4. The van der Waals surface area contributed by atoms with Crippen LogP contribution in [0.1, 0.15) is 111 Å². The molecule has 0 aliphatic carbocycles. The zero-order valence-electron chi connectivity index (χ0n) is 23.9. The number of unbranched alkanes of at least 4 members (excludes halogenated alkanes) is 4. The van der Waals surface area contributed by atoms with Crippen molar-refractivity contribution in [2.45, 2.75) is 117 Å². The monoisotopic (exact) mass is 617 g/mol. The van der Waals surface area contributed by atoms with Gasteiger partial charge in [-0.25, -0.2) is 13.3 Å². The lowest BCUT2D eigenvalue weighted by molar-refractivity contribution is -0.929. The molecule has 0 saturated carbocycles. The zero-order chi connectivity index (χ0) is 28.7. The summed E-state index contributed by atoms with van der Waals surface area (Å²) in [4.78, 5) is 0. The van der Waals surface area contributed by atoms with Crippen molar-refractivity contribution >= 4 is 26.9 Å². The van der Waals surface area contributed by atoms with Crippen LogP contribution in [0.15, 0.2) is 22.7 Å². The van der Waals surface area contributed by atoms with E-state index in [1.165, 1.54) is 82.0 Å². The third kappa shape index (κ3) is 14.4. The highest BCUT2D eigenvalue weighted by Crippen LogP contribution is 2.37. The van der Waals surface area contributed by atoms with Crippen molar-refractivity contribution in [3.63, 3.8) is 0 Å². The van der Waals surface area contributed by atoms with Gasteiger partial charge in [0.25, 0.3) is 0 Å². The Morgan fingerprint density at radius 2 is 1.27 bits per heavy atom. The Labute approximate surface area is 234 Å². The van der Waals surface area contributed by atoms with Crippen molar-refractivity contribution in [1.29, 1.82) is 0 Å². The predicted molar refractivity (Wildman–Crippen MR) is 153 cm³/mol. The third-order valence-corrected chi connectivity index (χ3v) is 8.57. The van der Waals surface area contributed by atoms with E-state index in [0.29, 0.717) is 0 Å². The fourth-order valence-corrected chi connectivity index (χ4v) is 5.38. The lowest BCUT2D eigenvalue weighted by Crippen LogP contribution is -2.50. The minimum atomic E-state index is -4.65. The molecule has 0 amide bonds. The molecule has 1 N–H and O–H groups in total. The summed E-state index contributed by atoms with van der Waals surface area (Å²) in [6.07, 6.45) is 6.41. The Hall–Kier alpha value is -0.510. The molecular weight excluding hydrogens is 568 g/mol. The minimum Gasteiger partial charge on any atom is -0.324 e. The normalized spacial score (nSPS) is 14.2. The van der Waals surface area contributed by atoms with Crippen molar-refractivity contribution in [3.05, 3.63) is 34.1 Å². The molecular formula is C28H50BrF4N2OS+. The van der Waals surface area contributed by atoms with Crippen LogP contribution in [0.2, 0.25) is 0 Å². The molecule has 0 fully saturated rings. The molecule has 0 saturated heterocycles. The molecule has 0 spiro atoms. The van der Waals surface area contributed by atoms with Crippen molar-refractivity contribution in [3.8, 4) is 0 Å². The maximum Gasteiger partial charge on any atom is 0.408 e. The highest BCUT2D eigenvalue weighted by molar-refractivity contribution is 9.10. The van der Waals surface area contributed by atoms with Crippen LogP contribution in [0.5, 0.6) is 0 Å². The van der Waals surface area contributed by atoms with Gasteiger partial charge in [0.05, 0.1) is 41.9 Å². The summed E-state index contributed by atoms with van der Waals surface area (Å²) < 4.78 is 66.8. The summed E-state index contributed by atoms with van der Waals surface area (Å²) in [5.74, 6) is -0.654. The first-order valence-electron chi connectivity index (χ1n) is 13.7.